The summed E-state index contributed by atoms with van der Waals surface area (Å²) in [6, 6.07) is 2.04. The molecule has 6 nitrogen and oxygen atoms in total. The molecule has 1 saturated carbocycles. The van der Waals surface area contributed by atoms with Crippen molar-refractivity contribution < 1.29 is 28.6 Å². The van der Waals surface area contributed by atoms with Gasteiger partial charge in [-0.05, 0) is 25.8 Å². The van der Waals surface area contributed by atoms with Gasteiger partial charge < -0.3 is 19.9 Å². The van der Waals surface area contributed by atoms with Crippen LogP contribution in [-0.2, 0) is 9.59 Å². The van der Waals surface area contributed by atoms with Crippen molar-refractivity contribution in [3.63, 3.8) is 0 Å². The van der Waals surface area contributed by atoms with Crippen LogP contribution in [-0.4, -0.2) is 31.2 Å². The Bertz CT molecular complexity index is 642. The molecule has 1 aromatic carbocycles. The minimum atomic E-state index is -0.972. The molecule has 0 aromatic heterocycles. The van der Waals surface area contributed by atoms with Gasteiger partial charge in [-0.1, -0.05) is 6.42 Å². The van der Waals surface area contributed by atoms with Crippen molar-refractivity contribution in [2.45, 2.75) is 38.6 Å². The maximum Gasteiger partial charge on any atom is 0.310 e. The van der Waals surface area contributed by atoms with Gasteiger partial charge in [0.1, 0.15) is 5.82 Å². The molecule has 0 heterocycles. The molecule has 132 valence electrons. The Labute approximate surface area is 139 Å². The van der Waals surface area contributed by atoms with Crippen molar-refractivity contribution >= 4 is 11.9 Å². The van der Waals surface area contributed by atoms with Crippen LogP contribution in [0.5, 0.6) is 11.5 Å². The summed E-state index contributed by atoms with van der Waals surface area (Å²) in [7, 11) is 2.85. The molecule has 2 rings (SSSR count). The molecule has 7 heteroatoms. The van der Waals surface area contributed by atoms with E-state index < -0.39 is 29.2 Å². The Morgan fingerprint density at radius 1 is 1.29 bits per heavy atom. The summed E-state index contributed by atoms with van der Waals surface area (Å²) in [5.41, 5.74) is -0.723. The third-order valence-corrected chi connectivity index (χ3v) is 4.61. The monoisotopic (exact) mass is 339 g/mol. The van der Waals surface area contributed by atoms with Crippen LogP contribution >= 0.6 is 0 Å². The molecule has 1 atom stereocenters. The summed E-state index contributed by atoms with van der Waals surface area (Å²) in [4.78, 5) is 23.5. The number of benzene rings is 1. The number of amides is 1. The highest BCUT2D eigenvalue weighted by molar-refractivity contribution is 5.85. The van der Waals surface area contributed by atoms with Crippen molar-refractivity contribution in [3.05, 3.63) is 23.5 Å². The van der Waals surface area contributed by atoms with Crippen molar-refractivity contribution in [2.24, 2.45) is 5.41 Å². The second-order valence-corrected chi connectivity index (χ2v) is 6.13. The lowest BCUT2D eigenvalue weighted by Gasteiger charge is -2.37. The van der Waals surface area contributed by atoms with E-state index in [0.29, 0.717) is 18.6 Å². The van der Waals surface area contributed by atoms with E-state index in [-0.39, 0.29) is 17.7 Å². The van der Waals surface area contributed by atoms with Gasteiger partial charge in [0.15, 0.2) is 11.5 Å². The van der Waals surface area contributed by atoms with Crippen LogP contribution in [0.15, 0.2) is 12.1 Å². The molecule has 1 fully saturated rings. The number of nitrogens with one attached hydrogen (secondary N) is 1. The number of halogens is 1. The molecule has 1 amide bonds. The van der Waals surface area contributed by atoms with E-state index in [1.165, 1.54) is 26.4 Å². The van der Waals surface area contributed by atoms with Gasteiger partial charge in [0.2, 0.25) is 5.91 Å². The summed E-state index contributed by atoms with van der Waals surface area (Å²) in [5.74, 6) is -1.27. The Hall–Kier alpha value is -2.31. The Morgan fingerprint density at radius 3 is 2.33 bits per heavy atom. The zero-order chi connectivity index (χ0) is 17.9. The van der Waals surface area contributed by atoms with Crippen molar-refractivity contribution in [3.8, 4) is 11.5 Å². The summed E-state index contributed by atoms with van der Waals surface area (Å²) < 4.78 is 24.4. The first-order chi connectivity index (χ1) is 11.3. The first kappa shape index (κ1) is 18.0. The summed E-state index contributed by atoms with van der Waals surface area (Å²) in [6.45, 7) is 1.64. The van der Waals surface area contributed by atoms with E-state index in [0.717, 1.165) is 6.42 Å². The van der Waals surface area contributed by atoms with E-state index in [4.69, 9.17) is 9.47 Å². The van der Waals surface area contributed by atoms with Crippen LogP contribution in [0.25, 0.3) is 0 Å². The quantitative estimate of drug-likeness (QED) is 0.798. The maximum atomic E-state index is 14.2. The van der Waals surface area contributed by atoms with E-state index in [9.17, 15) is 19.1 Å². The topological polar surface area (TPSA) is 84.9 Å². The van der Waals surface area contributed by atoms with Crippen molar-refractivity contribution in [1.29, 1.82) is 0 Å². The number of methoxy groups -OCH3 is 2. The summed E-state index contributed by atoms with van der Waals surface area (Å²) >= 11 is 0. The normalized spacial score (nSPS) is 16.7. The molecule has 1 aliphatic carbocycles. The standard InChI is InChI=1S/C17H22FNO5/c1-10(11-7-13(23-2)14(24-3)8-12(11)18)19-15(20)9-17(16(21)22)5-4-6-17/h7-8,10H,4-6,9H2,1-3H3,(H,19,20)(H,21,22). The number of ether oxygens (including phenoxy) is 2. The van der Waals surface area contributed by atoms with Crippen LogP contribution in [0.1, 0.15) is 44.2 Å². The van der Waals surface area contributed by atoms with E-state index in [2.05, 4.69) is 5.32 Å². The minimum Gasteiger partial charge on any atom is -0.493 e. The van der Waals surface area contributed by atoms with Gasteiger partial charge >= 0.3 is 5.97 Å². The summed E-state index contributed by atoms with van der Waals surface area (Å²) in [5, 5.41) is 11.9. The predicted molar refractivity (Wildman–Crippen MR) is 84.6 cm³/mol. The number of rotatable bonds is 7. The molecule has 1 unspecified atom stereocenters. The van der Waals surface area contributed by atoms with Crippen LogP contribution in [0.2, 0.25) is 0 Å². The second kappa shape index (κ2) is 7.07. The molecule has 0 bridgehead atoms. The van der Waals surface area contributed by atoms with Crippen LogP contribution in [0, 0.1) is 11.2 Å². The average molecular weight is 339 g/mol. The maximum absolute atomic E-state index is 14.2. The van der Waals surface area contributed by atoms with Gasteiger partial charge in [-0.3, -0.25) is 9.59 Å². The zero-order valence-corrected chi connectivity index (χ0v) is 14.0. The predicted octanol–water partition coefficient (Wildman–Crippen LogP) is 2.67. The fourth-order valence-corrected chi connectivity index (χ4v) is 2.95. The smallest absolute Gasteiger partial charge is 0.310 e. The largest absolute Gasteiger partial charge is 0.493 e. The second-order valence-electron chi connectivity index (χ2n) is 6.13. The molecule has 0 saturated heterocycles. The molecule has 0 aliphatic heterocycles. The fourth-order valence-electron chi connectivity index (χ4n) is 2.95. The molecule has 24 heavy (non-hydrogen) atoms. The number of carboxylic acids is 1. The average Bonchev–Trinajstić information content (AvgIpc) is 2.49. The number of hydrogen-bond donors (Lipinski definition) is 2. The molecule has 1 aromatic rings. The van der Waals surface area contributed by atoms with Gasteiger partial charge in [0.25, 0.3) is 0 Å². The number of hydrogen-bond acceptors (Lipinski definition) is 4. The SMILES string of the molecule is COc1cc(F)c(C(C)NC(=O)CC2(C(=O)O)CCC2)cc1OC. The molecular formula is C17H22FNO5. The van der Waals surface area contributed by atoms with Gasteiger partial charge in [-0.15, -0.1) is 0 Å². The van der Waals surface area contributed by atoms with Crippen molar-refractivity contribution in [2.75, 3.05) is 14.2 Å². The Kier molecular flexibility index (Phi) is 5.31. The number of carbonyl (C=O) groups is 2. The lowest BCUT2D eigenvalue weighted by Crippen LogP contribution is -2.43. The van der Waals surface area contributed by atoms with Crippen LogP contribution < -0.4 is 14.8 Å². The van der Waals surface area contributed by atoms with Crippen LogP contribution in [0.4, 0.5) is 4.39 Å². The van der Waals surface area contributed by atoms with E-state index >= 15 is 0 Å². The van der Waals surface area contributed by atoms with E-state index in [1.54, 1.807) is 6.92 Å². The third-order valence-electron chi connectivity index (χ3n) is 4.61. The van der Waals surface area contributed by atoms with E-state index in [1.807, 2.05) is 0 Å². The molecule has 1 aliphatic rings. The van der Waals surface area contributed by atoms with Crippen LogP contribution in [0.3, 0.4) is 0 Å². The van der Waals surface area contributed by atoms with Gasteiger partial charge in [-0.25, -0.2) is 4.39 Å². The minimum absolute atomic E-state index is 0.0957. The zero-order valence-electron chi connectivity index (χ0n) is 14.0. The summed E-state index contributed by atoms with van der Waals surface area (Å²) in [6.07, 6.45) is 1.70. The molecule has 0 radical (unpaired) electrons. The van der Waals surface area contributed by atoms with Gasteiger partial charge in [0.05, 0.1) is 25.7 Å². The molecule has 2 N–H and O–H groups in total. The first-order valence-electron chi connectivity index (χ1n) is 7.77. The van der Waals surface area contributed by atoms with Crippen molar-refractivity contribution in [1.82, 2.24) is 5.32 Å². The number of carbonyl (C=O) groups excluding carboxylic acids is 1. The Balaban J connectivity index is 2.10. The highest BCUT2D eigenvalue weighted by Gasteiger charge is 2.46. The molecule has 0 spiro atoms. The fraction of sp³-hybridized carbons (Fsp3) is 0.529. The number of aliphatic carboxylic acids is 1. The number of carboxylic acid groups (broad SMARTS) is 1. The lowest BCUT2D eigenvalue weighted by molar-refractivity contribution is -0.157. The third kappa shape index (κ3) is 3.44. The highest BCUT2D eigenvalue weighted by atomic mass is 19.1. The highest BCUT2D eigenvalue weighted by Crippen LogP contribution is 2.44. The molecular weight excluding hydrogens is 317 g/mol. The van der Waals surface area contributed by atoms with Gasteiger partial charge in [0, 0.05) is 18.1 Å². The van der Waals surface area contributed by atoms with Gasteiger partial charge in [-0.2, -0.15) is 0 Å². The Morgan fingerprint density at radius 2 is 1.88 bits per heavy atom. The first-order valence-corrected chi connectivity index (χ1v) is 7.77. The lowest BCUT2D eigenvalue weighted by atomic mass is 9.66.